The molecular formula is C13H18O. The highest BCUT2D eigenvalue weighted by Crippen LogP contribution is 2.03. The van der Waals surface area contributed by atoms with Crippen LogP contribution in [0.1, 0.15) is 25.8 Å². The lowest BCUT2D eigenvalue weighted by atomic mass is 10.2. The molecule has 1 rings (SSSR count). The molecule has 1 aromatic carbocycles. The van der Waals surface area contributed by atoms with Crippen LogP contribution >= 0.6 is 0 Å². The van der Waals surface area contributed by atoms with Crippen LogP contribution in [0.4, 0.5) is 0 Å². The third kappa shape index (κ3) is 4.24. The Bertz CT molecular complexity index is 264. The zero-order valence-electron chi connectivity index (χ0n) is 8.94. The molecule has 0 fully saturated rings. The zero-order chi connectivity index (χ0) is 10.2. The van der Waals surface area contributed by atoms with E-state index in [1.54, 1.807) is 0 Å². The molecule has 0 aliphatic carbocycles. The van der Waals surface area contributed by atoms with Gasteiger partial charge in [-0.15, -0.1) is 0 Å². The fraction of sp³-hybridized carbons (Fsp3) is 0.385. The molecule has 0 saturated carbocycles. The Balaban J connectivity index is 2.39. The third-order valence-electron chi connectivity index (χ3n) is 1.94. The Morgan fingerprint density at radius 2 is 2.00 bits per heavy atom. The van der Waals surface area contributed by atoms with Crippen molar-refractivity contribution in [2.75, 3.05) is 6.61 Å². The van der Waals surface area contributed by atoms with E-state index in [4.69, 9.17) is 4.74 Å². The van der Waals surface area contributed by atoms with Crippen LogP contribution in [-0.2, 0) is 4.74 Å². The van der Waals surface area contributed by atoms with Gasteiger partial charge in [0.1, 0.15) is 0 Å². The zero-order valence-corrected chi connectivity index (χ0v) is 8.94. The Morgan fingerprint density at radius 3 is 2.64 bits per heavy atom. The molecule has 76 valence electrons. The first kappa shape index (κ1) is 11.0. The average molecular weight is 190 g/mol. The van der Waals surface area contributed by atoms with Crippen molar-refractivity contribution < 1.29 is 4.74 Å². The van der Waals surface area contributed by atoms with E-state index >= 15 is 0 Å². The minimum absolute atomic E-state index is 0.204. The number of benzene rings is 1. The van der Waals surface area contributed by atoms with Crippen molar-refractivity contribution in [3.8, 4) is 0 Å². The Kier molecular flexibility index (Phi) is 5.02. The first-order valence-electron chi connectivity index (χ1n) is 5.17. The molecule has 1 heteroatoms. The molecule has 0 radical (unpaired) electrons. The lowest BCUT2D eigenvalue weighted by molar-refractivity contribution is 0.0985. The summed E-state index contributed by atoms with van der Waals surface area (Å²) in [5.41, 5.74) is 1.22. The summed E-state index contributed by atoms with van der Waals surface area (Å²) in [6.07, 6.45) is 5.46. The van der Waals surface area contributed by atoms with Crippen LogP contribution < -0.4 is 0 Å². The molecular weight excluding hydrogens is 172 g/mol. The molecule has 0 aliphatic rings. The Hall–Kier alpha value is -1.08. The van der Waals surface area contributed by atoms with Crippen molar-refractivity contribution in [3.63, 3.8) is 0 Å². The molecule has 0 heterocycles. The van der Waals surface area contributed by atoms with Gasteiger partial charge in [-0.2, -0.15) is 0 Å². The van der Waals surface area contributed by atoms with Crippen molar-refractivity contribution in [3.05, 3.63) is 42.0 Å². The van der Waals surface area contributed by atoms with E-state index in [1.807, 2.05) is 18.2 Å². The number of ether oxygens (including phenoxy) is 1. The standard InChI is InChI=1S/C13H18O/c1-3-11-14-12(2)9-10-13-7-5-4-6-8-13/h4-10,12H,3,11H2,1-2H3/b10-9+. The van der Waals surface area contributed by atoms with E-state index in [0.29, 0.717) is 0 Å². The first-order chi connectivity index (χ1) is 6.83. The van der Waals surface area contributed by atoms with Gasteiger partial charge in [0.15, 0.2) is 0 Å². The van der Waals surface area contributed by atoms with Gasteiger partial charge in [0.25, 0.3) is 0 Å². The molecule has 0 N–H and O–H groups in total. The lowest BCUT2D eigenvalue weighted by Crippen LogP contribution is -2.04. The number of hydrogen-bond donors (Lipinski definition) is 0. The maximum absolute atomic E-state index is 5.53. The van der Waals surface area contributed by atoms with Gasteiger partial charge >= 0.3 is 0 Å². The molecule has 1 atom stereocenters. The van der Waals surface area contributed by atoms with E-state index < -0.39 is 0 Å². The summed E-state index contributed by atoms with van der Waals surface area (Å²) in [5, 5.41) is 0. The highest BCUT2D eigenvalue weighted by molar-refractivity contribution is 5.49. The van der Waals surface area contributed by atoms with Crippen molar-refractivity contribution in [1.82, 2.24) is 0 Å². The Morgan fingerprint density at radius 1 is 1.29 bits per heavy atom. The van der Waals surface area contributed by atoms with Gasteiger partial charge in [-0.05, 0) is 18.9 Å². The van der Waals surface area contributed by atoms with Crippen molar-refractivity contribution >= 4 is 6.08 Å². The summed E-state index contributed by atoms with van der Waals surface area (Å²) in [4.78, 5) is 0. The molecule has 0 saturated heterocycles. The van der Waals surface area contributed by atoms with Gasteiger partial charge in [-0.3, -0.25) is 0 Å². The molecule has 1 unspecified atom stereocenters. The average Bonchev–Trinajstić information content (AvgIpc) is 2.25. The van der Waals surface area contributed by atoms with Gasteiger partial charge in [-0.1, -0.05) is 49.4 Å². The van der Waals surface area contributed by atoms with Crippen LogP contribution in [0.2, 0.25) is 0 Å². The van der Waals surface area contributed by atoms with Crippen molar-refractivity contribution in [1.29, 1.82) is 0 Å². The fourth-order valence-electron chi connectivity index (χ4n) is 1.17. The molecule has 1 aromatic rings. The van der Waals surface area contributed by atoms with Crippen LogP contribution in [0.25, 0.3) is 6.08 Å². The molecule has 0 aromatic heterocycles. The molecule has 14 heavy (non-hydrogen) atoms. The predicted molar refractivity (Wildman–Crippen MR) is 61.2 cm³/mol. The summed E-state index contributed by atoms with van der Waals surface area (Å²) in [5.74, 6) is 0. The van der Waals surface area contributed by atoms with Gasteiger partial charge < -0.3 is 4.74 Å². The minimum Gasteiger partial charge on any atom is -0.374 e. The van der Waals surface area contributed by atoms with Crippen LogP contribution in [0.5, 0.6) is 0 Å². The highest BCUT2D eigenvalue weighted by atomic mass is 16.5. The van der Waals surface area contributed by atoms with E-state index in [0.717, 1.165) is 13.0 Å². The summed E-state index contributed by atoms with van der Waals surface area (Å²) in [6, 6.07) is 10.3. The van der Waals surface area contributed by atoms with Gasteiger partial charge in [0.05, 0.1) is 6.10 Å². The second-order valence-corrected chi connectivity index (χ2v) is 3.35. The van der Waals surface area contributed by atoms with Gasteiger partial charge in [-0.25, -0.2) is 0 Å². The van der Waals surface area contributed by atoms with Crippen LogP contribution in [0.15, 0.2) is 36.4 Å². The lowest BCUT2D eigenvalue weighted by Gasteiger charge is -2.06. The van der Waals surface area contributed by atoms with E-state index in [-0.39, 0.29) is 6.10 Å². The second-order valence-electron chi connectivity index (χ2n) is 3.35. The van der Waals surface area contributed by atoms with Crippen LogP contribution in [-0.4, -0.2) is 12.7 Å². The number of rotatable bonds is 5. The molecule has 0 spiro atoms. The molecule has 1 nitrogen and oxygen atoms in total. The van der Waals surface area contributed by atoms with Crippen molar-refractivity contribution in [2.45, 2.75) is 26.4 Å². The second kappa shape index (κ2) is 6.39. The normalized spacial score (nSPS) is 13.3. The van der Waals surface area contributed by atoms with Gasteiger partial charge in [0, 0.05) is 6.61 Å². The number of hydrogen-bond acceptors (Lipinski definition) is 1. The predicted octanol–water partition coefficient (Wildman–Crippen LogP) is 3.51. The molecule has 0 bridgehead atoms. The highest BCUT2D eigenvalue weighted by Gasteiger charge is 1.94. The van der Waals surface area contributed by atoms with E-state index in [9.17, 15) is 0 Å². The monoisotopic (exact) mass is 190 g/mol. The SMILES string of the molecule is CCCOC(C)/C=C/c1ccccc1. The van der Waals surface area contributed by atoms with E-state index in [2.05, 4.69) is 38.1 Å². The largest absolute Gasteiger partial charge is 0.374 e. The summed E-state index contributed by atoms with van der Waals surface area (Å²) in [6.45, 7) is 5.02. The smallest absolute Gasteiger partial charge is 0.0730 e. The maximum Gasteiger partial charge on any atom is 0.0730 e. The topological polar surface area (TPSA) is 9.23 Å². The quantitative estimate of drug-likeness (QED) is 0.690. The van der Waals surface area contributed by atoms with Crippen molar-refractivity contribution in [2.24, 2.45) is 0 Å². The minimum atomic E-state index is 0.204. The van der Waals surface area contributed by atoms with Gasteiger partial charge in [0.2, 0.25) is 0 Å². The first-order valence-corrected chi connectivity index (χ1v) is 5.17. The fourth-order valence-corrected chi connectivity index (χ4v) is 1.17. The van der Waals surface area contributed by atoms with E-state index in [1.165, 1.54) is 5.56 Å². The maximum atomic E-state index is 5.53. The molecule has 0 aliphatic heterocycles. The van der Waals surface area contributed by atoms with Crippen LogP contribution in [0, 0.1) is 0 Å². The Labute approximate surface area is 86.4 Å². The van der Waals surface area contributed by atoms with Crippen LogP contribution in [0.3, 0.4) is 0 Å². The summed E-state index contributed by atoms with van der Waals surface area (Å²) >= 11 is 0. The molecule has 0 amide bonds. The summed E-state index contributed by atoms with van der Waals surface area (Å²) < 4.78 is 5.53. The summed E-state index contributed by atoms with van der Waals surface area (Å²) in [7, 11) is 0. The third-order valence-corrected chi connectivity index (χ3v) is 1.94.